The first-order valence-corrected chi connectivity index (χ1v) is 10.5. The Kier molecular flexibility index (Phi) is 14.2. The molecule has 0 unspecified atom stereocenters. The third-order valence-electron chi connectivity index (χ3n) is 4.48. The van der Waals surface area contributed by atoms with Crippen molar-refractivity contribution in [1.29, 1.82) is 0 Å². The Labute approximate surface area is 169 Å². The second kappa shape index (κ2) is 12.5. The molecule has 0 spiro atoms. The maximum absolute atomic E-state index is 11.2. The van der Waals surface area contributed by atoms with Crippen LogP contribution in [0.5, 0.6) is 0 Å². The lowest BCUT2D eigenvalue weighted by atomic mass is 9.77. The van der Waals surface area contributed by atoms with E-state index < -0.39 is 10.0 Å². The summed E-state index contributed by atoms with van der Waals surface area (Å²) in [6, 6.07) is 3.87. The molecule has 1 fully saturated rings. The van der Waals surface area contributed by atoms with Crippen LogP contribution in [0.4, 0.5) is 0 Å². The summed E-state index contributed by atoms with van der Waals surface area (Å²) >= 11 is 0. The molecule has 1 aromatic heterocycles. The van der Waals surface area contributed by atoms with Gasteiger partial charge < -0.3 is 5.73 Å². The Morgan fingerprint density at radius 2 is 1.59 bits per heavy atom. The Morgan fingerprint density at radius 3 is 1.93 bits per heavy atom. The van der Waals surface area contributed by atoms with E-state index in [0.717, 1.165) is 18.4 Å². The number of nitrogens with two attached hydrogens (primary N) is 1. The second-order valence-electron chi connectivity index (χ2n) is 7.89. The lowest BCUT2D eigenvalue weighted by molar-refractivity contribution is 0.222. The van der Waals surface area contributed by atoms with E-state index in [-0.39, 0.29) is 33.4 Å². The lowest BCUT2D eigenvalue weighted by Crippen LogP contribution is -2.49. The minimum Gasteiger partial charge on any atom is -0.322 e. The van der Waals surface area contributed by atoms with Crippen LogP contribution in [0.25, 0.3) is 0 Å². The quantitative estimate of drug-likeness (QED) is 0.734. The van der Waals surface area contributed by atoms with Crippen molar-refractivity contribution in [2.45, 2.75) is 93.2 Å². The maximum Gasteiger partial charge on any atom is 0.209 e. The molecule has 5 nitrogen and oxygen atoms in total. The first-order chi connectivity index (χ1) is 10.9. The molecule has 1 saturated carbocycles. The van der Waals surface area contributed by atoms with Crippen molar-refractivity contribution in [1.82, 2.24) is 9.71 Å². The minimum atomic E-state index is -3.08. The van der Waals surface area contributed by atoms with Crippen LogP contribution in [0.2, 0.25) is 0 Å². The molecule has 162 valence electrons. The minimum absolute atomic E-state index is 0. The predicted molar refractivity (Wildman–Crippen MR) is 120 cm³/mol. The van der Waals surface area contributed by atoms with Gasteiger partial charge in [0.2, 0.25) is 10.0 Å². The summed E-state index contributed by atoms with van der Waals surface area (Å²) in [6.45, 7) is 7.90. The van der Waals surface area contributed by atoms with Crippen molar-refractivity contribution in [3.8, 4) is 0 Å². The van der Waals surface area contributed by atoms with Crippen LogP contribution in [0, 0.1) is 5.92 Å². The number of hydrogen-bond donors (Lipinski definition) is 2. The monoisotopic (exact) mass is 403 g/mol. The fourth-order valence-electron chi connectivity index (χ4n) is 3.13. The van der Waals surface area contributed by atoms with Crippen molar-refractivity contribution in [2.75, 3.05) is 6.26 Å². The summed E-state index contributed by atoms with van der Waals surface area (Å²) in [7, 11) is -3.08. The summed E-state index contributed by atoms with van der Waals surface area (Å²) in [5.74, 6) is 0.492. The van der Waals surface area contributed by atoms with Gasteiger partial charge in [-0.05, 0) is 58.1 Å². The highest BCUT2D eigenvalue weighted by Gasteiger charge is 2.32. The van der Waals surface area contributed by atoms with Crippen LogP contribution in [0.15, 0.2) is 24.5 Å². The van der Waals surface area contributed by atoms with E-state index in [4.69, 9.17) is 5.73 Å². The van der Waals surface area contributed by atoms with Gasteiger partial charge in [-0.25, -0.2) is 13.1 Å². The molecule has 0 saturated heterocycles. The molecular weight excluding hydrogens is 358 g/mol. The molecule has 6 heteroatoms. The van der Waals surface area contributed by atoms with Crippen molar-refractivity contribution < 1.29 is 8.42 Å². The largest absolute Gasteiger partial charge is 0.322 e. The van der Waals surface area contributed by atoms with Crippen LogP contribution in [-0.2, 0) is 15.6 Å². The van der Waals surface area contributed by atoms with Crippen LogP contribution < -0.4 is 10.5 Å². The summed E-state index contributed by atoms with van der Waals surface area (Å²) < 4.78 is 25.1. The number of nitrogens with zero attached hydrogens (tertiary/aromatic N) is 1. The average Bonchev–Trinajstić information content (AvgIpc) is 2.46. The Hall–Kier alpha value is -0.980. The van der Waals surface area contributed by atoms with E-state index in [1.165, 1.54) is 25.5 Å². The van der Waals surface area contributed by atoms with Crippen LogP contribution in [-0.4, -0.2) is 25.2 Å². The first-order valence-electron chi connectivity index (χ1n) is 8.60. The summed E-state index contributed by atoms with van der Waals surface area (Å²) in [5.41, 5.74) is 6.33. The van der Waals surface area contributed by atoms with Gasteiger partial charge in [-0.1, -0.05) is 47.6 Å². The number of hydrogen-bond acceptors (Lipinski definition) is 4. The maximum atomic E-state index is 11.2. The fraction of sp³-hybridized carbons (Fsp3) is 0.762. The normalized spacial score (nSPS) is 15.2. The molecule has 0 aromatic carbocycles. The topological polar surface area (TPSA) is 85.1 Å². The van der Waals surface area contributed by atoms with Crippen LogP contribution in [0.1, 0.15) is 87.6 Å². The number of pyridine rings is 1. The van der Waals surface area contributed by atoms with Gasteiger partial charge in [0.15, 0.2) is 0 Å². The van der Waals surface area contributed by atoms with Gasteiger partial charge in [0.25, 0.3) is 0 Å². The number of rotatable bonds is 4. The zero-order valence-electron chi connectivity index (χ0n) is 15.7. The van der Waals surface area contributed by atoms with Crippen molar-refractivity contribution in [3.05, 3.63) is 30.1 Å². The van der Waals surface area contributed by atoms with Gasteiger partial charge in [0.1, 0.15) is 0 Å². The van der Waals surface area contributed by atoms with E-state index in [1.54, 1.807) is 12.4 Å². The second-order valence-corrected chi connectivity index (χ2v) is 9.64. The molecule has 1 aliphatic carbocycles. The number of nitrogens with one attached hydrogen (secondary N) is 1. The standard InChI is InChI=1S/C10H21NO2S.C8H12N2.3CH4/c1-10(2,11-14(3,12)13)9-7-5-4-6-8-9;1-8(2,9)7-4-3-5-10-6-7;;;/h9,11H,4-8H2,1-3H3;3-6H,9H2,1-2H3;3*1H4. The highest BCUT2D eigenvalue weighted by molar-refractivity contribution is 7.88. The van der Waals surface area contributed by atoms with Gasteiger partial charge in [-0.15, -0.1) is 0 Å². The lowest BCUT2D eigenvalue weighted by Gasteiger charge is -2.36. The number of sulfonamides is 1. The van der Waals surface area contributed by atoms with E-state index in [1.807, 2.05) is 39.8 Å². The van der Waals surface area contributed by atoms with E-state index in [2.05, 4.69) is 9.71 Å². The molecule has 3 N–H and O–H groups in total. The molecule has 1 aliphatic rings. The van der Waals surface area contributed by atoms with Crippen molar-refractivity contribution in [2.24, 2.45) is 11.7 Å². The summed E-state index contributed by atoms with van der Waals surface area (Å²) in [5, 5.41) is 0. The number of aromatic nitrogens is 1. The Bertz CT molecular complexity index is 588. The highest BCUT2D eigenvalue weighted by Crippen LogP contribution is 2.32. The van der Waals surface area contributed by atoms with Gasteiger partial charge in [0.05, 0.1) is 6.26 Å². The summed E-state index contributed by atoms with van der Waals surface area (Å²) in [4.78, 5) is 3.97. The molecule has 1 heterocycles. The average molecular weight is 404 g/mol. The van der Waals surface area contributed by atoms with E-state index in [9.17, 15) is 8.42 Å². The molecular formula is C21H45N3O2S. The first kappa shape index (κ1) is 30.7. The third kappa shape index (κ3) is 12.2. The van der Waals surface area contributed by atoms with Crippen LogP contribution >= 0.6 is 0 Å². The van der Waals surface area contributed by atoms with Gasteiger partial charge in [-0.2, -0.15) is 0 Å². The van der Waals surface area contributed by atoms with Gasteiger partial charge in [-0.3, -0.25) is 4.98 Å². The Balaban J connectivity index is -0.000000400. The molecule has 1 aromatic rings. The SMILES string of the molecule is C.C.C.CC(C)(N)c1cccnc1.CC(C)(NS(C)(=O)=O)C1CCCCC1. The molecule has 0 radical (unpaired) electrons. The highest BCUT2D eigenvalue weighted by atomic mass is 32.2. The summed E-state index contributed by atoms with van der Waals surface area (Å²) in [6.07, 6.45) is 10.8. The van der Waals surface area contributed by atoms with Crippen LogP contribution in [0.3, 0.4) is 0 Å². The Morgan fingerprint density at radius 1 is 1.07 bits per heavy atom. The predicted octanol–water partition coefficient (Wildman–Crippen LogP) is 5.08. The smallest absolute Gasteiger partial charge is 0.209 e. The van der Waals surface area contributed by atoms with Gasteiger partial charge in [0, 0.05) is 23.5 Å². The van der Waals surface area contributed by atoms with Crippen molar-refractivity contribution in [3.63, 3.8) is 0 Å². The van der Waals surface area contributed by atoms with E-state index in [0.29, 0.717) is 5.92 Å². The molecule has 2 rings (SSSR count). The third-order valence-corrected chi connectivity index (χ3v) is 5.38. The van der Waals surface area contributed by atoms with Gasteiger partial charge >= 0.3 is 0 Å². The van der Waals surface area contributed by atoms with Crippen molar-refractivity contribution >= 4 is 10.0 Å². The molecule has 27 heavy (non-hydrogen) atoms. The van der Waals surface area contributed by atoms with E-state index >= 15 is 0 Å². The molecule has 0 atom stereocenters. The molecule has 0 aliphatic heterocycles. The zero-order valence-corrected chi connectivity index (χ0v) is 16.5. The zero-order chi connectivity index (χ0) is 18.4. The fourth-order valence-corrected chi connectivity index (χ4v) is 4.25. The molecule has 0 amide bonds. The molecule has 0 bridgehead atoms.